The Bertz CT molecular complexity index is 1710. The van der Waals surface area contributed by atoms with E-state index in [4.69, 9.17) is 11.0 Å². The second-order valence-corrected chi connectivity index (χ2v) is 8.25. The highest BCUT2D eigenvalue weighted by Gasteiger charge is 2.24. The number of hydrogen-bond acceptors (Lipinski definition) is 7. The molecule has 7 nitrogen and oxygen atoms in total. The highest BCUT2D eigenvalue weighted by Crippen LogP contribution is 2.39. The lowest BCUT2D eigenvalue weighted by molar-refractivity contribution is 0.562. The Morgan fingerprint density at radius 1 is 1.26 bits per heavy atom. The number of fused-ring (bicyclic) bond motifs is 1. The number of nitriles is 1. The second kappa shape index (κ2) is 9.00. The van der Waals surface area contributed by atoms with Crippen molar-refractivity contribution in [1.29, 1.82) is 5.26 Å². The Kier molecular flexibility index (Phi) is 3.88. The van der Waals surface area contributed by atoms with Crippen LogP contribution in [-0.4, -0.2) is 47.6 Å². The van der Waals surface area contributed by atoms with Gasteiger partial charge in [0.2, 0.25) is 0 Å². The van der Waals surface area contributed by atoms with Gasteiger partial charge < -0.3 is 15.1 Å². The molecule has 1 saturated heterocycles. The number of nitrogens with zero attached hydrogens (tertiary/aromatic N) is 6. The molecule has 0 amide bonds. The SMILES string of the molecule is [2H]C1([2H])NC([2H])([2H])C([2H])([2H])N(c2cc3c(N(C)c4nc(-c5ccc(F)cc5)c(C#N)s4)c(CC)nn3cc2F)C1([2H])[2H]. The van der Waals surface area contributed by atoms with Gasteiger partial charge in [-0.05, 0) is 36.8 Å². The number of thiazole rings is 1. The molecule has 5 rings (SSSR count). The van der Waals surface area contributed by atoms with Gasteiger partial charge in [0.1, 0.15) is 22.5 Å². The Morgan fingerprint density at radius 2 is 2.00 bits per heavy atom. The zero-order chi connectivity index (χ0) is 31.0. The van der Waals surface area contributed by atoms with Crippen molar-refractivity contribution >= 4 is 33.4 Å². The Hall–Kier alpha value is -3.55. The van der Waals surface area contributed by atoms with E-state index in [1.165, 1.54) is 28.8 Å². The van der Waals surface area contributed by atoms with Crippen LogP contribution in [0.5, 0.6) is 0 Å². The molecule has 0 saturated carbocycles. The molecule has 1 aliphatic heterocycles. The normalized spacial score (nSPS) is 23.3. The summed E-state index contributed by atoms with van der Waals surface area (Å²) in [7, 11) is 1.62. The van der Waals surface area contributed by atoms with Gasteiger partial charge in [-0.25, -0.2) is 18.3 Å². The van der Waals surface area contributed by atoms with Crippen LogP contribution in [-0.2, 0) is 6.42 Å². The second-order valence-electron chi connectivity index (χ2n) is 7.27. The number of piperazine rings is 1. The topological polar surface area (TPSA) is 72.5 Å². The summed E-state index contributed by atoms with van der Waals surface area (Å²) in [6.45, 7) is -11.0. The Balaban J connectivity index is 1.70. The van der Waals surface area contributed by atoms with E-state index >= 15 is 4.39 Å². The average Bonchev–Trinajstić information content (AvgIpc) is 3.48. The zero-order valence-corrected chi connectivity index (χ0v) is 18.8. The van der Waals surface area contributed by atoms with E-state index < -0.39 is 43.3 Å². The van der Waals surface area contributed by atoms with Crippen LogP contribution in [0.1, 0.15) is 28.5 Å². The van der Waals surface area contributed by atoms with Crippen molar-refractivity contribution in [3.63, 3.8) is 0 Å². The fourth-order valence-electron chi connectivity index (χ4n) is 3.64. The van der Waals surface area contributed by atoms with Gasteiger partial charge in [0.15, 0.2) is 10.9 Å². The molecule has 34 heavy (non-hydrogen) atoms. The summed E-state index contributed by atoms with van der Waals surface area (Å²) in [6, 6.07) is 8.64. The largest absolute Gasteiger partial charge is 0.367 e. The summed E-state index contributed by atoms with van der Waals surface area (Å²) in [6.07, 6.45) is 1.23. The van der Waals surface area contributed by atoms with Crippen molar-refractivity contribution in [3.8, 4) is 17.3 Å². The van der Waals surface area contributed by atoms with Gasteiger partial charge in [-0.15, -0.1) is 0 Å². The first-order valence-corrected chi connectivity index (χ1v) is 11.0. The van der Waals surface area contributed by atoms with E-state index in [2.05, 4.69) is 16.2 Å². The molecular formula is C24H23F2N7S. The summed E-state index contributed by atoms with van der Waals surface area (Å²) in [5.74, 6) is -1.62. The van der Waals surface area contributed by atoms with Crippen LogP contribution in [0.4, 0.5) is 25.3 Å². The van der Waals surface area contributed by atoms with Gasteiger partial charge >= 0.3 is 0 Å². The molecule has 0 aliphatic carbocycles. The quantitative estimate of drug-likeness (QED) is 0.451. The van der Waals surface area contributed by atoms with Gasteiger partial charge in [-0.3, -0.25) is 0 Å². The van der Waals surface area contributed by atoms with E-state index in [0.717, 1.165) is 23.6 Å². The van der Waals surface area contributed by atoms with Crippen LogP contribution >= 0.6 is 11.3 Å². The molecule has 1 N–H and O–H groups in total. The number of rotatable bonds is 5. The van der Waals surface area contributed by atoms with E-state index in [-0.39, 0.29) is 15.3 Å². The average molecular weight is 488 g/mol. The zero-order valence-electron chi connectivity index (χ0n) is 26.0. The van der Waals surface area contributed by atoms with Crippen molar-refractivity contribution in [2.75, 3.05) is 42.8 Å². The van der Waals surface area contributed by atoms with Gasteiger partial charge in [-0.1, -0.05) is 18.3 Å². The van der Waals surface area contributed by atoms with Crippen molar-refractivity contribution in [2.45, 2.75) is 13.3 Å². The van der Waals surface area contributed by atoms with Crippen LogP contribution < -0.4 is 15.1 Å². The molecule has 1 aliphatic rings. The third kappa shape index (κ3) is 3.87. The van der Waals surface area contributed by atoms with Crippen molar-refractivity contribution in [1.82, 2.24) is 19.9 Å². The van der Waals surface area contributed by atoms with Crippen LogP contribution in [0.25, 0.3) is 16.8 Å². The molecular weight excluding hydrogens is 456 g/mol. The molecule has 0 radical (unpaired) electrons. The molecule has 0 bridgehead atoms. The van der Waals surface area contributed by atoms with Crippen LogP contribution in [0.15, 0.2) is 36.5 Å². The summed E-state index contributed by atoms with van der Waals surface area (Å²) in [5, 5.41) is 16.2. The van der Waals surface area contributed by atoms with Crippen LogP contribution in [0.2, 0.25) is 0 Å². The molecule has 10 heteroatoms. The van der Waals surface area contributed by atoms with Crippen LogP contribution in [0, 0.1) is 23.0 Å². The molecule has 1 aromatic carbocycles. The number of aryl methyl sites for hydroxylation is 1. The lowest BCUT2D eigenvalue weighted by Crippen LogP contribution is -2.43. The van der Waals surface area contributed by atoms with Gasteiger partial charge in [0.25, 0.3) is 0 Å². The number of nitrogens with one attached hydrogen (secondary N) is 1. The number of anilines is 3. The first-order chi connectivity index (χ1) is 19.5. The van der Waals surface area contributed by atoms with Crippen LogP contribution in [0.3, 0.4) is 0 Å². The third-order valence-corrected chi connectivity index (χ3v) is 6.28. The fraction of sp³-hybridized carbons (Fsp3) is 0.292. The number of pyridine rings is 1. The van der Waals surface area contributed by atoms with E-state index in [1.807, 2.05) is 0 Å². The lowest BCUT2D eigenvalue weighted by Gasteiger charge is -2.29. The summed E-state index contributed by atoms with van der Waals surface area (Å²) < 4.78 is 96.2. The summed E-state index contributed by atoms with van der Waals surface area (Å²) in [4.78, 5) is 6.55. The maximum atomic E-state index is 15.6. The minimum Gasteiger partial charge on any atom is -0.367 e. The molecule has 4 heterocycles. The monoisotopic (exact) mass is 487 g/mol. The number of aromatic nitrogens is 3. The molecule has 4 aromatic rings. The third-order valence-electron chi connectivity index (χ3n) is 5.24. The van der Waals surface area contributed by atoms with Crippen molar-refractivity contribution in [3.05, 3.63) is 58.7 Å². The minimum absolute atomic E-state index is 0.137. The fourth-order valence-corrected chi connectivity index (χ4v) is 4.50. The maximum Gasteiger partial charge on any atom is 0.191 e. The van der Waals surface area contributed by atoms with E-state index in [1.54, 1.807) is 24.2 Å². The van der Waals surface area contributed by atoms with Gasteiger partial charge in [-0.2, -0.15) is 10.4 Å². The molecule has 0 spiro atoms. The highest BCUT2D eigenvalue weighted by molar-refractivity contribution is 7.16. The van der Waals surface area contributed by atoms with E-state index in [0.29, 0.717) is 34.2 Å². The molecule has 0 atom stereocenters. The number of halogens is 2. The molecule has 0 unspecified atom stereocenters. The maximum absolute atomic E-state index is 15.6. The Labute approximate surface area is 211 Å². The molecule has 3 aromatic heterocycles. The van der Waals surface area contributed by atoms with Gasteiger partial charge in [0, 0.05) is 44.1 Å². The lowest BCUT2D eigenvalue weighted by atomic mass is 10.1. The smallest absolute Gasteiger partial charge is 0.191 e. The standard InChI is InChI=1S/C24H23F2N7S/c1-3-18-23(20-12-19(17(26)14-33(20)30-18)32-10-8-28-9-11-32)31(2)24-29-22(21(13-27)34-24)15-4-6-16(25)7-5-15/h4-7,12,14,28H,3,8-11H2,1-2H3/i8D2,9D2,10D2,11D2. The predicted molar refractivity (Wildman–Crippen MR) is 130 cm³/mol. The Morgan fingerprint density at radius 3 is 2.68 bits per heavy atom. The van der Waals surface area contributed by atoms with Gasteiger partial charge in [0.05, 0.1) is 34.3 Å². The number of benzene rings is 1. The highest BCUT2D eigenvalue weighted by atomic mass is 32.1. The van der Waals surface area contributed by atoms with E-state index in [9.17, 15) is 9.65 Å². The van der Waals surface area contributed by atoms with Crippen molar-refractivity contribution < 1.29 is 19.7 Å². The minimum atomic E-state index is -3.25. The van der Waals surface area contributed by atoms with Crippen molar-refractivity contribution in [2.24, 2.45) is 0 Å². The predicted octanol–water partition coefficient (Wildman–Crippen LogP) is 4.35. The first kappa shape index (κ1) is 14.7. The summed E-state index contributed by atoms with van der Waals surface area (Å²) >= 11 is 1.04. The molecule has 174 valence electrons. The number of hydrogen-bond donors (Lipinski definition) is 1. The summed E-state index contributed by atoms with van der Waals surface area (Å²) in [5.41, 5.74) is 1.07. The first-order valence-electron chi connectivity index (χ1n) is 14.2. The molecule has 1 fully saturated rings.